The van der Waals surface area contributed by atoms with Gasteiger partial charge in [-0.15, -0.1) is 0 Å². The van der Waals surface area contributed by atoms with Crippen molar-refractivity contribution in [3.63, 3.8) is 0 Å². The lowest BCUT2D eigenvalue weighted by Gasteiger charge is -2.08. The van der Waals surface area contributed by atoms with E-state index in [0.29, 0.717) is 16.8 Å². The molecular weight excluding hydrogens is 398 g/mol. The smallest absolute Gasteiger partial charge is 0.221 e. The zero-order chi connectivity index (χ0) is 21.1. The van der Waals surface area contributed by atoms with Crippen molar-refractivity contribution < 1.29 is 13.2 Å². The summed E-state index contributed by atoms with van der Waals surface area (Å²) < 4.78 is 26.9. The molecule has 2 N–H and O–H groups in total. The number of imidazole rings is 1. The predicted octanol–water partition coefficient (Wildman–Crippen LogP) is 4.49. The Morgan fingerprint density at radius 1 is 0.933 bits per heavy atom. The highest BCUT2D eigenvalue weighted by Crippen LogP contribution is 2.30. The topological polar surface area (TPSA) is 91.9 Å². The van der Waals surface area contributed by atoms with Gasteiger partial charge in [0.2, 0.25) is 15.7 Å². The Kier molecular flexibility index (Phi) is 5.20. The molecule has 0 aliphatic heterocycles. The van der Waals surface area contributed by atoms with E-state index in [1.54, 1.807) is 60.7 Å². The van der Waals surface area contributed by atoms with E-state index in [1.165, 1.54) is 6.92 Å². The molecule has 0 spiro atoms. The number of para-hydroxylation sites is 2. The van der Waals surface area contributed by atoms with Crippen LogP contribution < -0.4 is 5.32 Å². The Labute approximate surface area is 174 Å². The lowest BCUT2D eigenvalue weighted by atomic mass is 10.2. The summed E-state index contributed by atoms with van der Waals surface area (Å²) in [5.41, 5.74) is 2.74. The van der Waals surface area contributed by atoms with Crippen LogP contribution in [0.15, 0.2) is 83.8 Å². The largest absolute Gasteiger partial charge is 0.337 e. The molecule has 1 heterocycles. The molecule has 6 nitrogen and oxygen atoms in total. The minimum Gasteiger partial charge on any atom is -0.337 e. The van der Waals surface area contributed by atoms with Crippen molar-refractivity contribution in [1.82, 2.24) is 9.97 Å². The molecule has 4 aromatic rings. The Balaban J connectivity index is 1.85. The number of carbonyl (C=O) groups is 1. The number of aromatic nitrogens is 2. The number of hydrogen-bond acceptors (Lipinski definition) is 4. The second-order valence-corrected chi connectivity index (χ2v) is 8.65. The van der Waals surface area contributed by atoms with Crippen LogP contribution in [0.3, 0.4) is 0 Å². The number of nitrogens with zero attached hydrogens (tertiary/aromatic N) is 1. The van der Waals surface area contributed by atoms with Crippen LogP contribution in [-0.4, -0.2) is 24.3 Å². The van der Waals surface area contributed by atoms with E-state index in [2.05, 4.69) is 15.3 Å². The maximum Gasteiger partial charge on any atom is 0.221 e. The van der Waals surface area contributed by atoms with Gasteiger partial charge in [-0.25, -0.2) is 13.4 Å². The minimum absolute atomic E-state index is 0.0668. The zero-order valence-electron chi connectivity index (χ0n) is 16.2. The second kappa shape index (κ2) is 7.96. The number of sulfone groups is 1. The number of carbonyl (C=O) groups excluding carboxylic acids is 1. The molecule has 0 radical (unpaired) electrons. The molecule has 7 heteroatoms. The summed E-state index contributed by atoms with van der Waals surface area (Å²) in [6.45, 7) is 1.43. The van der Waals surface area contributed by atoms with Crippen molar-refractivity contribution in [3.05, 3.63) is 90.3 Å². The molecule has 0 atom stereocenters. The quantitative estimate of drug-likeness (QED) is 0.500. The van der Waals surface area contributed by atoms with Crippen LogP contribution in [0.2, 0.25) is 0 Å². The van der Waals surface area contributed by atoms with Gasteiger partial charge in [-0.2, -0.15) is 0 Å². The average molecular weight is 417 g/mol. The number of benzene rings is 3. The molecule has 30 heavy (non-hydrogen) atoms. The lowest BCUT2D eigenvalue weighted by molar-refractivity contribution is -0.114. The van der Waals surface area contributed by atoms with Crippen molar-refractivity contribution in [3.8, 4) is 0 Å². The van der Waals surface area contributed by atoms with Gasteiger partial charge in [0.1, 0.15) is 10.7 Å². The van der Waals surface area contributed by atoms with Gasteiger partial charge >= 0.3 is 0 Å². The number of fused-ring (bicyclic) bond motifs is 1. The van der Waals surface area contributed by atoms with Gasteiger partial charge in [-0.05, 0) is 48.0 Å². The fourth-order valence-electron chi connectivity index (χ4n) is 3.09. The second-order valence-electron chi connectivity index (χ2n) is 6.73. The average Bonchev–Trinajstić information content (AvgIpc) is 3.17. The highest BCUT2D eigenvalue weighted by molar-refractivity contribution is 8.00. The summed E-state index contributed by atoms with van der Waals surface area (Å²) in [5.74, 6) is 0.0962. The van der Waals surface area contributed by atoms with E-state index in [1.807, 2.05) is 24.3 Å². The van der Waals surface area contributed by atoms with E-state index >= 15 is 0 Å². The van der Waals surface area contributed by atoms with Gasteiger partial charge in [0.15, 0.2) is 0 Å². The van der Waals surface area contributed by atoms with Gasteiger partial charge in [0, 0.05) is 12.6 Å². The Hall–Kier alpha value is -3.71. The zero-order valence-corrected chi connectivity index (χ0v) is 17.0. The molecular formula is C23H19N3O3S. The number of amides is 1. The SMILES string of the molecule is CC(=O)Nc1ccc(/C=C(\c2nc3ccccc3[nH]2)S(=O)(=O)c2ccccc2)cc1. The molecule has 0 fully saturated rings. The standard InChI is InChI=1S/C23H19N3O3S/c1-16(27)24-18-13-11-17(12-14-18)15-22(30(28,29)19-7-3-2-4-8-19)23-25-20-9-5-6-10-21(20)26-23/h2-15H,1H3,(H,24,27)(H,25,26)/b22-15+. The summed E-state index contributed by atoms with van der Waals surface area (Å²) >= 11 is 0. The minimum atomic E-state index is -3.83. The van der Waals surface area contributed by atoms with E-state index in [0.717, 1.165) is 5.52 Å². The fraction of sp³-hybridized carbons (Fsp3) is 0.0435. The van der Waals surface area contributed by atoms with Gasteiger partial charge in [0.25, 0.3) is 0 Å². The molecule has 0 aliphatic rings. The summed E-state index contributed by atoms with van der Waals surface area (Å²) in [7, 11) is -3.83. The summed E-state index contributed by atoms with van der Waals surface area (Å²) in [6.07, 6.45) is 1.58. The first-order valence-electron chi connectivity index (χ1n) is 9.28. The summed E-state index contributed by atoms with van der Waals surface area (Å²) in [5, 5.41) is 2.69. The first-order valence-corrected chi connectivity index (χ1v) is 10.8. The molecule has 150 valence electrons. The highest BCUT2D eigenvalue weighted by atomic mass is 32.2. The normalized spacial score (nSPS) is 12.1. The van der Waals surface area contributed by atoms with Gasteiger partial charge in [-0.1, -0.05) is 42.5 Å². The third-order valence-corrected chi connectivity index (χ3v) is 6.28. The van der Waals surface area contributed by atoms with Gasteiger partial charge in [0.05, 0.1) is 15.9 Å². The third-order valence-electron chi connectivity index (χ3n) is 4.49. The molecule has 1 aromatic heterocycles. The molecule has 0 bridgehead atoms. The summed E-state index contributed by atoms with van der Waals surface area (Å²) in [4.78, 5) is 19.1. The predicted molar refractivity (Wildman–Crippen MR) is 118 cm³/mol. The Morgan fingerprint density at radius 2 is 1.60 bits per heavy atom. The molecule has 3 aromatic carbocycles. The van der Waals surface area contributed by atoms with Crippen LogP contribution in [0.5, 0.6) is 0 Å². The molecule has 0 unspecified atom stereocenters. The van der Waals surface area contributed by atoms with Crippen molar-refractivity contribution in [2.45, 2.75) is 11.8 Å². The number of aromatic amines is 1. The van der Waals surface area contributed by atoms with Crippen LogP contribution >= 0.6 is 0 Å². The van der Waals surface area contributed by atoms with Gasteiger partial charge in [-0.3, -0.25) is 4.79 Å². The van der Waals surface area contributed by atoms with E-state index in [-0.39, 0.29) is 21.5 Å². The Morgan fingerprint density at radius 3 is 2.27 bits per heavy atom. The number of rotatable bonds is 5. The van der Waals surface area contributed by atoms with Crippen molar-refractivity contribution in [2.75, 3.05) is 5.32 Å². The number of hydrogen-bond donors (Lipinski definition) is 2. The fourth-order valence-corrected chi connectivity index (χ4v) is 4.50. The maximum absolute atomic E-state index is 13.4. The molecule has 0 aliphatic carbocycles. The maximum atomic E-state index is 13.4. The van der Waals surface area contributed by atoms with E-state index in [4.69, 9.17) is 0 Å². The van der Waals surface area contributed by atoms with Crippen LogP contribution in [0.1, 0.15) is 18.3 Å². The van der Waals surface area contributed by atoms with Crippen molar-refractivity contribution in [1.29, 1.82) is 0 Å². The van der Waals surface area contributed by atoms with Crippen molar-refractivity contribution >= 4 is 43.4 Å². The number of nitrogens with one attached hydrogen (secondary N) is 2. The van der Waals surface area contributed by atoms with Crippen LogP contribution in [-0.2, 0) is 14.6 Å². The van der Waals surface area contributed by atoms with E-state index in [9.17, 15) is 13.2 Å². The number of H-pyrrole nitrogens is 1. The highest BCUT2D eigenvalue weighted by Gasteiger charge is 2.25. The lowest BCUT2D eigenvalue weighted by Crippen LogP contribution is -2.06. The van der Waals surface area contributed by atoms with E-state index < -0.39 is 9.84 Å². The third kappa shape index (κ3) is 4.01. The first-order chi connectivity index (χ1) is 14.4. The molecule has 0 saturated heterocycles. The van der Waals surface area contributed by atoms with Crippen molar-refractivity contribution in [2.24, 2.45) is 0 Å². The summed E-state index contributed by atoms with van der Waals surface area (Å²) in [6, 6.07) is 22.6. The van der Waals surface area contributed by atoms with Crippen LogP contribution in [0, 0.1) is 0 Å². The Bertz CT molecular complexity index is 1310. The van der Waals surface area contributed by atoms with Gasteiger partial charge < -0.3 is 10.3 Å². The monoisotopic (exact) mass is 417 g/mol. The van der Waals surface area contributed by atoms with Crippen LogP contribution in [0.4, 0.5) is 5.69 Å². The van der Waals surface area contributed by atoms with Crippen LogP contribution in [0.25, 0.3) is 22.0 Å². The molecule has 0 saturated carbocycles. The number of anilines is 1. The first kappa shape index (κ1) is 19.6. The molecule has 4 rings (SSSR count). The molecule has 1 amide bonds.